The minimum atomic E-state index is 0.238. The Kier molecular flexibility index (Phi) is 3.42. The normalized spacial score (nSPS) is 35.8. The van der Waals surface area contributed by atoms with E-state index < -0.39 is 0 Å². The van der Waals surface area contributed by atoms with E-state index in [9.17, 15) is 0 Å². The lowest BCUT2D eigenvalue weighted by molar-refractivity contribution is 0.0219. The Morgan fingerprint density at radius 3 is 2.64 bits per heavy atom. The molecule has 3 N–H and O–H groups in total. The van der Waals surface area contributed by atoms with Gasteiger partial charge in [0.05, 0.1) is 0 Å². The molecule has 2 fully saturated rings. The average Bonchev–Trinajstić information content (AvgIpc) is 2.31. The molecule has 0 aromatic carbocycles. The van der Waals surface area contributed by atoms with E-state index >= 15 is 0 Å². The van der Waals surface area contributed by atoms with Crippen molar-refractivity contribution in [3.63, 3.8) is 0 Å². The van der Waals surface area contributed by atoms with Crippen LogP contribution in [0.15, 0.2) is 0 Å². The molecule has 0 amide bonds. The van der Waals surface area contributed by atoms with E-state index in [1.54, 1.807) is 0 Å². The van der Waals surface area contributed by atoms with E-state index in [2.05, 4.69) is 5.32 Å². The van der Waals surface area contributed by atoms with Gasteiger partial charge in [-0.25, -0.2) is 0 Å². The van der Waals surface area contributed by atoms with E-state index in [4.69, 9.17) is 10.5 Å². The first-order valence-corrected chi connectivity index (χ1v) is 5.90. The Labute approximate surface area is 86.4 Å². The van der Waals surface area contributed by atoms with Gasteiger partial charge in [-0.1, -0.05) is 6.42 Å². The quantitative estimate of drug-likeness (QED) is 0.692. The second-order valence-electron chi connectivity index (χ2n) is 4.63. The Hall–Kier alpha value is -0.120. The standard InChI is InChI=1S/C11H22N2O/c12-9-11(5-1-2-6-13-11)10-3-7-14-8-4-10/h10,13H,1-9,12H2. The summed E-state index contributed by atoms with van der Waals surface area (Å²) in [6.07, 6.45) is 6.27. The third-order valence-corrected chi connectivity index (χ3v) is 3.89. The molecular weight excluding hydrogens is 176 g/mol. The number of hydrogen-bond acceptors (Lipinski definition) is 3. The highest BCUT2D eigenvalue weighted by atomic mass is 16.5. The number of ether oxygens (including phenoxy) is 1. The van der Waals surface area contributed by atoms with Crippen LogP contribution in [-0.4, -0.2) is 31.8 Å². The summed E-state index contributed by atoms with van der Waals surface area (Å²) in [6.45, 7) is 3.79. The zero-order valence-electron chi connectivity index (χ0n) is 8.93. The molecule has 0 spiro atoms. The summed E-state index contributed by atoms with van der Waals surface area (Å²) in [5.41, 5.74) is 6.20. The van der Waals surface area contributed by atoms with Gasteiger partial charge >= 0.3 is 0 Å². The molecule has 3 heteroatoms. The van der Waals surface area contributed by atoms with Gasteiger partial charge in [-0.2, -0.15) is 0 Å². The van der Waals surface area contributed by atoms with Gasteiger partial charge in [0.1, 0.15) is 0 Å². The molecule has 0 bridgehead atoms. The lowest BCUT2D eigenvalue weighted by Crippen LogP contribution is -2.59. The van der Waals surface area contributed by atoms with Crippen molar-refractivity contribution < 1.29 is 4.74 Å². The fourth-order valence-corrected chi connectivity index (χ4v) is 2.93. The van der Waals surface area contributed by atoms with Crippen molar-refractivity contribution in [2.45, 2.75) is 37.6 Å². The van der Waals surface area contributed by atoms with Crippen LogP contribution in [0.25, 0.3) is 0 Å². The molecule has 0 aromatic heterocycles. The van der Waals surface area contributed by atoms with Crippen molar-refractivity contribution >= 4 is 0 Å². The average molecular weight is 198 g/mol. The Balaban J connectivity index is 2.01. The third-order valence-electron chi connectivity index (χ3n) is 3.89. The minimum Gasteiger partial charge on any atom is -0.381 e. The molecule has 14 heavy (non-hydrogen) atoms. The van der Waals surface area contributed by atoms with Crippen LogP contribution in [0.2, 0.25) is 0 Å². The number of rotatable bonds is 2. The summed E-state index contributed by atoms with van der Waals surface area (Å²) in [6, 6.07) is 0. The van der Waals surface area contributed by atoms with Crippen LogP contribution >= 0.6 is 0 Å². The first-order chi connectivity index (χ1) is 6.87. The maximum atomic E-state index is 5.97. The zero-order valence-corrected chi connectivity index (χ0v) is 8.93. The van der Waals surface area contributed by atoms with Gasteiger partial charge in [0.2, 0.25) is 0 Å². The van der Waals surface area contributed by atoms with Crippen molar-refractivity contribution in [1.82, 2.24) is 5.32 Å². The van der Waals surface area contributed by atoms with Crippen molar-refractivity contribution in [3.8, 4) is 0 Å². The number of hydrogen-bond donors (Lipinski definition) is 2. The van der Waals surface area contributed by atoms with E-state index in [-0.39, 0.29) is 5.54 Å². The van der Waals surface area contributed by atoms with Gasteiger partial charge < -0.3 is 15.8 Å². The molecule has 82 valence electrons. The van der Waals surface area contributed by atoms with Crippen LogP contribution in [0.5, 0.6) is 0 Å². The van der Waals surface area contributed by atoms with E-state index in [1.807, 2.05) is 0 Å². The summed E-state index contributed by atoms with van der Waals surface area (Å²) in [5, 5.41) is 3.67. The van der Waals surface area contributed by atoms with Crippen LogP contribution in [0.3, 0.4) is 0 Å². The molecule has 2 aliphatic rings. The zero-order chi connectivity index (χ0) is 9.86. The second kappa shape index (κ2) is 4.60. The van der Waals surface area contributed by atoms with Gasteiger partial charge in [0.15, 0.2) is 0 Å². The Bertz CT molecular complexity index is 172. The van der Waals surface area contributed by atoms with Crippen LogP contribution in [0.4, 0.5) is 0 Å². The third kappa shape index (κ3) is 1.95. The molecule has 3 nitrogen and oxygen atoms in total. The summed E-state index contributed by atoms with van der Waals surface area (Å²) < 4.78 is 5.41. The monoisotopic (exact) mass is 198 g/mol. The fourth-order valence-electron chi connectivity index (χ4n) is 2.93. The highest BCUT2D eigenvalue weighted by molar-refractivity contribution is 4.98. The van der Waals surface area contributed by atoms with E-state index in [0.29, 0.717) is 0 Å². The molecule has 2 saturated heterocycles. The maximum absolute atomic E-state index is 5.97. The number of piperidine rings is 1. The predicted octanol–water partition coefficient (Wildman–Crippen LogP) is 0.884. The highest BCUT2D eigenvalue weighted by Gasteiger charge is 2.38. The van der Waals surface area contributed by atoms with Crippen LogP contribution in [0, 0.1) is 5.92 Å². The van der Waals surface area contributed by atoms with Gasteiger partial charge in [-0.05, 0) is 38.1 Å². The van der Waals surface area contributed by atoms with Crippen molar-refractivity contribution in [1.29, 1.82) is 0 Å². The summed E-state index contributed by atoms with van der Waals surface area (Å²) >= 11 is 0. The lowest BCUT2D eigenvalue weighted by atomic mass is 9.74. The van der Waals surface area contributed by atoms with Gasteiger partial charge in [0, 0.05) is 25.3 Å². The maximum Gasteiger partial charge on any atom is 0.0469 e. The molecule has 2 rings (SSSR count). The highest BCUT2D eigenvalue weighted by Crippen LogP contribution is 2.33. The SMILES string of the molecule is NCC1(C2CCOCC2)CCCCN1. The van der Waals surface area contributed by atoms with E-state index in [0.717, 1.165) is 32.2 Å². The van der Waals surface area contributed by atoms with Crippen molar-refractivity contribution in [2.75, 3.05) is 26.3 Å². The molecule has 0 saturated carbocycles. The smallest absolute Gasteiger partial charge is 0.0469 e. The topological polar surface area (TPSA) is 47.3 Å². The Morgan fingerprint density at radius 2 is 2.07 bits per heavy atom. The summed E-state index contributed by atoms with van der Waals surface area (Å²) in [7, 11) is 0. The van der Waals surface area contributed by atoms with E-state index in [1.165, 1.54) is 32.1 Å². The molecular formula is C11H22N2O. The van der Waals surface area contributed by atoms with Gasteiger partial charge in [0.25, 0.3) is 0 Å². The second-order valence-corrected chi connectivity index (χ2v) is 4.63. The fraction of sp³-hybridized carbons (Fsp3) is 1.00. The van der Waals surface area contributed by atoms with Gasteiger partial charge in [-0.15, -0.1) is 0 Å². The first-order valence-electron chi connectivity index (χ1n) is 5.90. The number of nitrogens with one attached hydrogen (secondary N) is 1. The van der Waals surface area contributed by atoms with Crippen LogP contribution < -0.4 is 11.1 Å². The lowest BCUT2D eigenvalue weighted by Gasteiger charge is -2.45. The molecule has 0 radical (unpaired) electrons. The summed E-state index contributed by atoms with van der Waals surface area (Å²) in [4.78, 5) is 0. The molecule has 1 unspecified atom stereocenters. The van der Waals surface area contributed by atoms with Gasteiger partial charge in [-0.3, -0.25) is 0 Å². The van der Waals surface area contributed by atoms with Crippen molar-refractivity contribution in [2.24, 2.45) is 11.7 Å². The summed E-state index contributed by atoms with van der Waals surface area (Å²) in [5.74, 6) is 0.738. The predicted molar refractivity (Wildman–Crippen MR) is 57.2 cm³/mol. The molecule has 2 aliphatic heterocycles. The largest absolute Gasteiger partial charge is 0.381 e. The molecule has 2 heterocycles. The number of nitrogens with two attached hydrogens (primary N) is 1. The van der Waals surface area contributed by atoms with Crippen LogP contribution in [-0.2, 0) is 4.74 Å². The minimum absolute atomic E-state index is 0.238. The van der Waals surface area contributed by atoms with Crippen LogP contribution in [0.1, 0.15) is 32.1 Å². The molecule has 1 atom stereocenters. The first kappa shape index (κ1) is 10.4. The molecule has 0 aliphatic carbocycles. The Morgan fingerprint density at radius 1 is 1.29 bits per heavy atom. The van der Waals surface area contributed by atoms with Crippen molar-refractivity contribution in [3.05, 3.63) is 0 Å². The molecule has 0 aromatic rings.